The highest BCUT2D eigenvalue weighted by molar-refractivity contribution is 7.13. The van der Waals surface area contributed by atoms with Crippen molar-refractivity contribution in [3.05, 3.63) is 65.7 Å². The van der Waals surface area contributed by atoms with E-state index in [0.717, 1.165) is 22.0 Å². The van der Waals surface area contributed by atoms with E-state index < -0.39 is 5.97 Å². The second-order valence-electron chi connectivity index (χ2n) is 5.56. The maximum Gasteiger partial charge on any atom is 0.244 e. The van der Waals surface area contributed by atoms with Gasteiger partial charge in [-0.25, -0.2) is 0 Å². The number of hydrogen-bond donors (Lipinski definition) is 1. The molecule has 6 heteroatoms. The number of aromatic nitrogens is 1. The molecule has 0 radical (unpaired) electrons. The molecule has 5 nitrogen and oxygen atoms in total. The van der Waals surface area contributed by atoms with Crippen molar-refractivity contribution < 1.29 is 14.7 Å². The molecule has 0 bridgehead atoms. The first kappa shape index (κ1) is 17.0. The van der Waals surface area contributed by atoms with E-state index in [0.29, 0.717) is 6.42 Å². The van der Waals surface area contributed by atoms with Crippen LogP contribution in [0.5, 0.6) is 0 Å². The van der Waals surface area contributed by atoms with Gasteiger partial charge in [0.2, 0.25) is 5.91 Å². The molecular weight excluding hydrogens is 336 g/mol. The number of nitrogens with one attached hydrogen (secondary N) is 1. The first-order valence-corrected chi connectivity index (χ1v) is 8.78. The normalized spacial score (nSPS) is 10.6. The Labute approximate surface area is 149 Å². The molecule has 0 aliphatic rings. The molecule has 2 aromatic heterocycles. The standard InChI is InChI=1S/C19H18N2O3S/c22-18(20-14-5-2-1-3-6-14)13-21-15(9-11-19(23)24)8-10-16(21)17-7-4-12-25-17/h1-8,10,12H,9,11,13H2,(H,20,22)(H,23,24)/p-1. The Morgan fingerprint density at radius 3 is 2.52 bits per heavy atom. The van der Waals surface area contributed by atoms with Gasteiger partial charge in [-0.2, -0.15) is 0 Å². The van der Waals surface area contributed by atoms with Crippen LogP contribution in [0.1, 0.15) is 12.1 Å². The SMILES string of the molecule is O=C([O-])CCc1ccc(-c2cccs2)n1CC(=O)Nc1ccccc1. The molecule has 1 aromatic carbocycles. The monoisotopic (exact) mass is 353 g/mol. The minimum atomic E-state index is -1.10. The molecular formula is C19H17N2O3S-. The highest BCUT2D eigenvalue weighted by atomic mass is 32.1. The van der Waals surface area contributed by atoms with Crippen molar-refractivity contribution in [3.63, 3.8) is 0 Å². The quantitative estimate of drug-likeness (QED) is 0.709. The predicted octanol–water partition coefficient (Wildman–Crippen LogP) is 2.54. The number of hydrogen-bond acceptors (Lipinski definition) is 4. The summed E-state index contributed by atoms with van der Waals surface area (Å²) in [6.07, 6.45) is 0.251. The van der Waals surface area contributed by atoms with Gasteiger partial charge in [0.1, 0.15) is 6.54 Å². The maximum absolute atomic E-state index is 12.4. The average Bonchev–Trinajstić information content (AvgIpc) is 3.23. The van der Waals surface area contributed by atoms with Crippen LogP contribution >= 0.6 is 11.3 Å². The number of carboxylic acid groups (broad SMARTS) is 1. The third kappa shape index (κ3) is 4.36. The van der Waals surface area contributed by atoms with E-state index in [2.05, 4.69) is 5.32 Å². The Hall–Kier alpha value is -2.86. The number of para-hydroxylation sites is 1. The van der Waals surface area contributed by atoms with E-state index in [9.17, 15) is 14.7 Å². The molecule has 2 heterocycles. The number of amides is 1. The fraction of sp³-hybridized carbons (Fsp3) is 0.158. The second kappa shape index (κ2) is 7.81. The van der Waals surface area contributed by atoms with Gasteiger partial charge >= 0.3 is 0 Å². The summed E-state index contributed by atoms with van der Waals surface area (Å²) in [5.74, 6) is -1.26. The third-order valence-electron chi connectivity index (χ3n) is 3.79. The summed E-state index contributed by atoms with van der Waals surface area (Å²) < 4.78 is 1.87. The Morgan fingerprint density at radius 1 is 1.04 bits per heavy atom. The van der Waals surface area contributed by atoms with Gasteiger partial charge in [0.05, 0.1) is 10.6 Å². The van der Waals surface area contributed by atoms with Crippen LogP contribution in [0.4, 0.5) is 5.69 Å². The van der Waals surface area contributed by atoms with Gasteiger partial charge in [-0.15, -0.1) is 11.3 Å². The molecule has 3 rings (SSSR count). The Bertz CT molecular complexity index is 854. The molecule has 0 aliphatic carbocycles. The number of carboxylic acids is 1. The van der Waals surface area contributed by atoms with Crippen molar-refractivity contribution in [1.29, 1.82) is 0 Å². The lowest BCUT2D eigenvalue weighted by atomic mass is 10.2. The number of aryl methyl sites for hydroxylation is 1. The summed E-state index contributed by atoms with van der Waals surface area (Å²) in [6.45, 7) is 0.123. The van der Waals surface area contributed by atoms with Crippen molar-refractivity contribution in [2.24, 2.45) is 0 Å². The van der Waals surface area contributed by atoms with Gasteiger partial charge < -0.3 is 19.8 Å². The van der Waals surface area contributed by atoms with Gasteiger partial charge in [-0.3, -0.25) is 4.79 Å². The highest BCUT2D eigenvalue weighted by Crippen LogP contribution is 2.27. The van der Waals surface area contributed by atoms with Gasteiger partial charge in [0.15, 0.2) is 0 Å². The summed E-state index contributed by atoms with van der Waals surface area (Å²) in [4.78, 5) is 24.3. The predicted molar refractivity (Wildman–Crippen MR) is 96.1 cm³/mol. The van der Waals surface area contributed by atoms with Crippen LogP contribution in [-0.2, 0) is 22.6 Å². The first-order valence-electron chi connectivity index (χ1n) is 7.90. The molecule has 0 fully saturated rings. The number of nitrogens with zero attached hydrogens (tertiary/aromatic N) is 1. The maximum atomic E-state index is 12.4. The summed E-state index contributed by atoms with van der Waals surface area (Å²) in [7, 11) is 0. The van der Waals surface area contributed by atoms with Crippen LogP contribution in [0, 0.1) is 0 Å². The zero-order chi connectivity index (χ0) is 17.6. The topological polar surface area (TPSA) is 74.2 Å². The van der Waals surface area contributed by atoms with E-state index in [4.69, 9.17) is 0 Å². The summed E-state index contributed by atoms with van der Waals surface area (Å²) in [6, 6.07) is 17.0. The zero-order valence-electron chi connectivity index (χ0n) is 13.5. The molecule has 0 saturated heterocycles. The lowest BCUT2D eigenvalue weighted by molar-refractivity contribution is -0.305. The van der Waals surface area contributed by atoms with Crippen molar-refractivity contribution in [2.45, 2.75) is 19.4 Å². The number of carbonyl (C=O) groups excluding carboxylic acids is 2. The van der Waals surface area contributed by atoms with Gasteiger partial charge in [-0.05, 0) is 48.6 Å². The van der Waals surface area contributed by atoms with Crippen LogP contribution in [0.2, 0.25) is 0 Å². The fourth-order valence-electron chi connectivity index (χ4n) is 2.65. The lowest BCUT2D eigenvalue weighted by Gasteiger charge is -2.13. The van der Waals surface area contributed by atoms with Crippen molar-refractivity contribution >= 4 is 28.9 Å². The smallest absolute Gasteiger partial charge is 0.244 e. The van der Waals surface area contributed by atoms with E-state index in [1.807, 2.05) is 64.5 Å². The van der Waals surface area contributed by atoms with Crippen LogP contribution in [0.15, 0.2) is 60.0 Å². The summed E-state index contributed by atoms with van der Waals surface area (Å²) in [5.41, 5.74) is 2.44. The molecule has 3 aromatic rings. The molecule has 0 atom stereocenters. The third-order valence-corrected chi connectivity index (χ3v) is 4.68. The van der Waals surface area contributed by atoms with Crippen molar-refractivity contribution in [1.82, 2.24) is 4.57 Å². The Morgan fingerprint density at radius 2 is 1.84 bits per heavy atom. The average molecular weight is 353 g/mol. The van der Waals surface area contributed by atoms with Crippen LogP contribution < -0.4 is 10.4 Å². The number of anilines is 1. The van der Waals surface area contributed by atoms with Gasteiger partial charge in [0.25, 0.3) is 0 Å². The van der Waals surface area contributed by atoms with E-state index in [1.165, 1.54) is 0 Å². The van der Waals surface area contributed by atoms with Crippen LogP contribution in [0.3, 0.4) is 0 Å². The Kier molecular flexibility index (Phi) is 5.30. The van der Waals surface area contributed by atoms with Crippen molar-refractivity contribution in [2.75, 3.05) is 5.32 Å². The molecule has 0 unspecified atom stereocenters. The first-order chi connectivity index (χ1) is 12.1. The highest BCUT2D eigenvalue weighted by Gasteiger charge is 2.14. The molecule has 1 N–H and O–H groups in total. The molecule has 0 spiro atoms. The minimum Gasteiger partial charge on any atom is -0.550 e. The molecule has 1 amide bonds. The Balaban J connectivity index is 1.82. The molecule has 128 valence electrons. The van der Waals surface area contributed by atoms with E-state index in [-0.39, 0.29) is 18.9 Å². The zero-order valence-corrected chi connectivity index (χ0v) is 14.3. The molecule has 0 saturated carbocycles. The summed E-state index contributed by atoms with van der Waals surface area (Å²) >= 11 is 1.58. The summed E-state index contributed by atoms with van der Waals surface area (Å²) in [5, 5.41) is 15.6. The van der Waals surface area contributed by atoms with Crippen molar-refractivity contribution in [3.8, 4) is 10.6 Å². The van der Waals surface area contributed by atoms with Crippen LogP contribution in [-0.4, -0.2) is 16.4 Å². The second-order valence-corrected chi connectivity index (χ2v) is 6.51. The molecule has 25 heavy (non-hydrogen) atoms. The number of aliphatic carboxylic acids is 1. The van der Waals surface area contributed by atoms with E-state index >= 15 is 0 Å². The lowest BCUT2D eigenvalue weighted by Crippen LogP contribution is -2.24. The fourth-order valence-corrected chi connectivity index (χ4v) is 3.41. The van der Waals surface area contributed by atoms with Gasteiger partial charge in [-0.1, -0.05) is 24.3 Å². The van der Waals surface area contributed by atoms with Crippen LogP contribution in [0.25, 0.3) is 10.6 Å². The number of benzene rings is 1. The minimum absolute atomic E-state index is 0.0752. The largest absolute Gasteiger partial charge is 0.550 e. The van der Waals surface area contributed by atoms with E-state index in [1.54, 1.807) is 11.3 Å². The number of rotatable bonds is 7. The number of carbonyl (C=O) groups is 2. The number of thiophene rings is 1. The van der Waals surface area contributed by atoms with Gasteiger partial charge in [0, 0.05) is 17.4 Å². The molecule has 0 aliphatic heterocycles.